The van der Waals surface area contributed by atoms with E-state index in [-0.39, 0.29) is 24.3 Å². The smallest absolute Gasteiger partial charge is 0.231 e. The predicted octanol–water partition coefficient (Wildman–Crippen LogP) is 0.412. The molecule has 0 radical (unpaired) electrons. The number of amides is 2. The van der Waals surface area contributed by atoms with E-state index in [9.17, 15) is 9.59 Å². The topological polar surface area (TPSA) is 115 Å². The number of hydrogen-bond donors (Lipinski definition) is 2. The number of methoxy groups -OCH3 is 1. The van der Waals surface area contributed by atoms with Crippen molar-refractivity contribution in [2.75, 3.05) is 32.1 Å². The first-order valence-corrected chi connectivity index (χ1v) is 8.41. The number of nitrogens with zero attached hydrogens (tertiary/aromatic N) is 4. The zero-order chi connectivity index (χ0) is 18.5. The largest absolute Gasteiger partial charge is 0.495 e. The molecule has 1 aliphatic heterocycles. The second-order valence-electron chi connectivity index (χ2n) is 6.26. The lowest BCUT2D eigenvalue weighted by molar-refractivity contribution is -0.122. The van der Waals surface area contributed by atoms with Crippen LogP contribution in [0.2, 0.25) is 0 Å². The van der Waals surface area contributed by atoms with Gasteiger partial charge in [-0.25, -0.2) is 0 Å². The summed E-state index contributed by atoms with van der Waals surface area (Å²) >= 11 is 0. The number of anilines is 1. The average Bonchev–Trinajstić information content (AvgIpc) is 3.16. The van der Waals surface area contributed by atoms with Crippen LogP contribution in [0.5, 0.6) is 5.75 Å². The van der Waals surface area contributed by atoms with E-state index in [1.807, 2.05) is 17.0 Å². The summed E-state index contributed by atoms with van der Waals surface area (Å²) in [5.74, 6) is 0.0788. The molecule has 0 unspecified atom stereocenters. The van der Waals surface area contributed by atoms with Crippen LogP contribution >= 0.6 is 0 Å². The van der Waals surface area contributed by atoms with Gasteiger partial charge in [0.05, 0.1) is 25.0 Å². The van der Waals surface area contributed by atoms with Crippen LogP contribution in [-0.4, -0.2) is 58.2 Å². The van der Waals surface area contributed by atoms with Gasteiger partial charge in [0, 0.05) is 5.92 Å². The Labute approximate surface area is 151 Å². The lowest BCUT2D eigenvalue weighted by atomic mass is 9.95. The maximum absolute atomic E-state index is 12.7. The molecular formula is C17H22N6O3. The predicted molar refractivity (Wildman–Crippen MR) is 94.9 cm³/mol. The third-order valence-corrected chi connectivity index (χ3v) is 4.50. The van der Waals surface area contributed by atoms with Crippen molar-refractivity contribution >= 4 is 17.5 Å². The number of carbonyl (C=O) groups is 2. The lowest BCUT2D eigenvalue weighted by Crippen LogP contribution is -2.42. The molecule has 1 saturated heterocycles. The molecule has 0 bridgehead atoms. The molecule has 0 spiro atoms. The van der Waals surface area contributed by atoms with Gasteiger partial charge in [-0.05, 0) is 44.1 Å². The molecule has 3 rings (SSSR count). The molecule has 1 aromatic carbocycles. The molecule has 9 heteroatoms. The standard InChI is InChI=1S/C17H22N6O3/c1-26-15-3-2-13(23-10-19-20-11-23)8-14(15)21-17(25)12-4-6-22(7-5-12)9-16(18)24/h2-3,8,10-12H,4-7,9H2,1H3,(H2,18,24)(H,21,25). The van der Waals surface area contributed by atoms with Crippen LogP contribution < -0.4 is 15.8 Å². The number of rotatable bonds is 6. The highest BCUT2D eigenvalue weighted by Crippen LogP contribution is 2.28. The van der Waals surface area contributed by atoms with Gasteiger partial charge >= 0.3 is 0 Å². The molecule has 1 aliphatic rings. The van der Waals surface area contributed by atoms with Gasteiger partial charge in [0.25, 0.3) is 0 Å². The maximum Gasteiger partial charge on any atom is 0.231 e. The fourth-order valence-corrected chi connectivity index (χ4v) is 3.10. The minimum absolute atomic E-state index is 0.0528. The summed E-state index contributed by atoms with van der Waals surface area (Å²) in [7, 11) is 1.56. The Morgan fingerprint density at radius 1 is 1.27 bits per heavy atom. The minimum Gasteiger partial charge on any atom is -0.495 e. The number of likely N-dealkylation sites (tertiary alicyclic amines) is 1. The average molecular weight is 358 g/mol. The molecule has 2 amide bonds. The molecule has 2 heterocycles. The number of primary amides is 1. The second kappa shape index (κ2) is 7.96. The van der Waals surface area contributed by atoms with E-state index in [2.05, 4.69) is 15.5 Å². The molecule has 138 valence electrons. The molecule has 0 atom stereocenters. The summed E-state index contributed by atoms with van der Waals surface area (Å²) in [4.78, 5) is 25.6. The van der Waals surface area contributed by atoms with Gasteiger partial charge in [0.15, 0.2) is 0 Å². The van der Waals surface area contributed by atoms with E-state index in [0.717, 1.165) is 5.69 Å². The van der Waals surface area contributed by atoms with Gasteiger partial charge in [-0.1, -0.05) is 0 Å². The van der Waals surface area contributed by atoms with Crippen molar-refractivity contribution < 1.29 is 14.3 Å². The zero-order valence-corrected chi connectivity index (χ0v) is 14.6. The summed E-state index contributed by atoms with van der Waals surface area (Å²) in [6.07, 6.45) is 4.54. The first kappa shape index (κ1) is 17.9. The van der Waals surface area contributed by atoms with E-state index < -0.39 is 0 Å². The van der Waals surface area contributed by atoms with E-state index in [1.54, 1.807) is 30.4 Å². The Morgan fingerprint density at radius 2 is 1.96 bits per heavy atom. The van der Waals surface area contributed by atoms with Crippen LogP contribution in [0.1, 0.15) is 12.8 Å². The number of benzene rings is 1. The Balaban J connectivity index is 1.67. The van der Waals surface area contributed by atoms with Crippen molar-refractivity contribution in [3.63, 3.8) is 0 Å². The summed E-state index contributed by atoms with van der Waals surface area (Å²) in [5, 5.41) is 10.5. The molecule has 1 aromatic heterocycles. The van der Waals surface area contributed by atoms with Crippen molar-refractivity contribution in [2.45, 2.75) is 12.8 Å². The fourth-order valence-electron chi connectivity index (χ4n) is 3.10. The lowest BCUT2D eigenvalue weighted by Gasteiger charge is -2.30. The highest BCUT2D eigenvalue weighted by Gasteiger charge is 2.26. The third kappa shape index (κ3) is 4.17. The van der Waals surface area contributed by atoms with Crippen molar-refractivity contribution in [3.8, 4) is 11.4 Å². The highest BCUT2D eigenvalue weighted by atomic mass is 16.5. The van der Waals surface area contributed by atoms with Crippen molar-refractivity contribution in [1.29, 1.82) is 0 Å². The number of aromatic nitrogens is 3. The van der Waals surface area contributed by atoms with E-state index in [4.69, 9.17) is 10.5 Å². The zero-order valence-electron chi connectivity index (χ0n) is 14.6. The number of ether oxygens (including phenoxy) is 1. The number of nitrogens with two attached hydrogens (primary N) is 1. The molecule has 1 fully saturated rings. The van der Waals surface area contributed by atoms with Gasteiger partial charge in [-0.15, -0.1) is 10.2 Å². The number of nitrogens with one attached hydrogen (secondary N) is 1. The quantitative estimate of drug-likeness (QED) is 0.773. The Morgan fingerprint density at radius 3 is 2.58 bits per heavy atom. The molecule has 0 aliphatic carbocycles. The van der Waals surface area contributed by atoms with E-state index >= 15 is 0 Å². The monoisotopic (exact) mass is 358 g/mol. The van der Waals surface area contributed by atoms with E-state index in [0.29, 0.717) is 37.4 Å². The minimum atomic E-state index is -0.344. The maximum atomic E-state index is 12.7. The van der Waals surface area contributed by atoms with Crippen LogP contribution in [0.4, 0.5) is 5.69 Å². The molecule has 2 aromatic rings. The molecule has 9 nitrogen and oxygen atoms in total. The SMILES string of the molecule is COc1ccc(-n2cnnc2)cc1NC(=O)C1CCN(CC(N)=O)CC1. The van der Waals surface area contributed by atoms with Crippen molar-refractivity contribution in [2.24, 2.45) is 11.7 Å². The van der Waals surface area contributed by atoms with Crippen LogP contribution in [-0.2, 0) is 9.59 Å². The molecule has 3 N–H and O–H groups in total. The Kier molecular flexibility index (Phi) is 5.47. The van der Waals surface area contributed by atoms with Crippen LogP contribution in [0.3, 0.4) is 0 Å². The Hall–Kier alpha value is -2.94. The van der Waals surface area contributed by atoms with Gasteiger partial charge < -0.3 is 15.8 Å². The van der Waals surface area contributed by atoms with Crippen LogP contribution in [0.15, 0.2) is 30.9 Å². The van der Waals surface area contributed by atoms with E-state index in [1.165, 1.54) is 0 Å². The third-order valence-electron chi connectivity index (χ3n) is 4.50. The van der Waals surface area contributed by atoms with Gasteiger partial charge in [0.2, 0.25) is 11.8 Å². The molecular weight excluding hydrogens is 336 g/mol. The first-order valence-electron chi connectivity index (χ1n) is 8.41. The number of piperidine rings is 1. The van der Waals surface area contributed by atoms with Crippen molar-refractivity contribution in [1.82, 2.24) is 19.7 Å². The number of carbonyl (C=O) groups excluding carboxylic acids is 2. The fraction of sp³-hybridized carbons (Fsp3) is 0.412. The number of hydrogen-bond acceptors (Lipinski definition) is 6. The van der Waals surface area contributed by atoms with Gasteiger partial charge in [0.1, 0.15) is 18.4 Å². The molecule has 26 heavy (non-hydrogen) atoms. The van der Waals surface area contributed by atoms with Gasteiger partial charge in [-0.2, -0.15) is 0 Å². The summed E-state index contributed by atoms with van der Waals surface area (Å²) in [6.45, 7) is 1.60. The summed E-state index contributed by atoms with van der Waals surface area (Å²) in [6, 6.07) is 5.48. The van der Waals surface area contributed by atoms with Crippen LogP contribution in [0.25, 0.3) is 5.69 Å². The second-order valence-corrected chi connectivity index (χ2v) is 6.26. The first-order chi connectivity index (χ1) is 12.6. The summed E-state index contributed by atoms with van der Waals surface area (Å²) < 4.78 is 7.10. The normalized spacial score (nSPS) is 15.6. The van der Waals surface area contributed by atoms with Crippen molar-refractivity contribution in [3.05, 3.63) is 30.9 Å². The Bertz CT molecular complexity index is 769. The van der Waals surface area contributed by atoms with Gasteiger partial charge in [-0.3, -0.25) is 19.1 Å². The molecule has 0 saturated carbocycles. The summed E-state index contributed by atoms with van der Waals surface area (Å²) in [5.41, 5.74) is 6.64. The van der Waals surface area contributed by atoms with Crippen LogP contribution in [0, 0.1) is 5.92 Å². The highest BCUT2D eigenvalue weighted by molar-refractivity contribution is 5.94.